The molecule has 6 nitrogen and oxygen atoms in total. The number of nitrogens with zero attached hydrogens (tertiary/aromatic N) is 1. The van der Waals surface area contributed by atoms with Crippen LogP contribution in [0.15, 0.2) is 12.1 Å². The van der Waals surface area contributed by atoms with Crippen LogP contribution in [0.5, 0.6) is 0 Å². The molecule has 0 aliphatic heterocycles. The molecule has 0 saturated heterocycles. The molecule has 0 aromatic heterocycles. The molecule has 0 unspecified atom stereocenters. The molecule has 116 valence electrons. The molecule has 1 amide bonds. The van der Waals surface area contributed by atoms with Gasteiger partial charge in [-0.3, -0.25) is 14.9 Å². The van der Waals surface area contributed by atoms with Crippen LogP contribution in [0, 0.1) is 10.1 Å². The standard InChI is InChI=1S/C13H16Cl2N2O4/c14-10-7-9(8-11(12(10)15)17(20)21)13(19)16-5-3-1-2-4-6-18/h7-8,18H,1-6H2,(H,16,19). The van der Waals surface area contributed by atoms with Crippen molar-refractivity contribution in [2.75, 3.05) is 13.2 Å². The molecule has 1 aromatic carbocycles. The third-order valence-electron chi connectivity index (χ3n) is 2.84. The van der Waals surface area contributed by atoms with E-state index in [0.717, 1.165) is 31.7 Å². The molecule has 21 heavy (non-hydrogen) atoms. The van der Waals surface area contributed by atoms with Crippen molar-refractivity contribution in [3.05, 3.63) is 37.9 Å². The molecular weight excluding hydrogens is 319 g/mol. The fraction of sp³-hybridized carbons (Fsp3) is 0.462. The van der Waals surface area contributed by atoms with E-state index in [1.807, 2.05) is 0 Å². The summed E-state index contributed by atoms with van der Waals surface area (Å²) in [6.45, 7) is 0.623. The van der Waals surface area contributed by atoms with Crippen LogP contribution in [0.2, 0.25) is 10.0 Å². The molecule has 0 bridgehead atoms. The maximum atomic E-state index is 11.9. The van der Waals surface area contributed by atoms with E-state index in [9.17, 15) is 14.9 Å². The number of carbonyl (C=O) groups excluding carboxylic acids is 1. The Bertz CT molecular complexity index is 523. The predicted molar refractivity (Wildman–Crippen MR) is 81.0 cm³/mol. The van der Waals surface area contributed by atoms with Gasteiger partial charge in [0.15, 0.2) is 0 Å². The molecule has 0 aliphatic rings. The van der Waals surface area contributed by atoms with E-state index in [4.69, 9.17) is 28.3 Å². The van der Waals surface area contributed by atoms with Crippen molar-refractivity contribution in [1.29, 1.82) is 0 Å². The van der Waals surface area contributed by atoms with Crippen LogP contribution in [-0.4, -0.2) is 29.1 Å². The van der Waals surface area contributed by atoms with Gasteiger partial charge in [0.1, 0.15) is 5.02 Å². The topological polar surface area (TPSA) is 92.5 Å². The SMILES string of the molecule is O=C(NCCCCCCO)c1cc(Cl)c(Cl)c([N+](=O)[O-])c1. The zero-order chi connectivity index (χ0) is 15.8. The Hall–Kier alpha value is -1.37. The number of aliphatic hydroxyl groups is 1. The second-order valence-corrected chi connectivity index (χ2v) is 5.23. The van der Waals surface area contributed by atoms with E-state index >= 15 is 0 Å². The van der Waals surface area contributed by atoms with Gasteiger partial charge in [-0.1, -0.05) is 36.0 Å². The first kappa shape index (κ1) is 17.7. The van der Waals surface area contributed by atoms with Gasteiger partial charge in [-0.05, 0) is 18.9 Å². The molecule has 0 atom stereocenters. The minimum absolute atomic E-state index is 0.0287. The van der Waals surface area contributed by atoms with Crippen LogP contribution in [0.1, 0.15) is 36.0 Å². The van der Waals surface area contributed by atoms with Gasteiger partial charge in [0.05, 0.1) is 9.95 Å². The normalized spacial score (nSPS) is 10.4. The number of amides is 1. The van der Waals surface area contributed by atoms with E-state index in [-0.39, 0.29) is 22.2 Å². The molecule has 1 aromatic rings. The highest BCUT2D eigenvalue weighted by Crippen LogP contribution is 2.32. The van der Waals surface area contributed by atoms with Crippen LogP contribution in [0.3, 0.4) is 0 Å². The van der Waals surface area contributed by atoms with Crippen LogP contribution in [0.4, 0.5) is 5.69 Å². The maximum Gasteiger partial charge on any atom is 0.290 e. The fourth-order valence-corrected chi connectivity index (χ4v) is 2.13. The Kier molecular flexibility index (Phi) is 7.42. The zero-order valence-electron chi connectivity index (χ0n) is 11.3. The van der Waals surface area contributed by atoms with Gasteiger partial charge in [-0.2, -0.15) is 0 Å². The maximum absolute atomic E-state index is 11.9. The quantitative estimate of drug-likeness (QED) is 0.433. The lowest BCUT2D eigenvalue weighted by Gasteiger charge is -2.06. The van der Waals surface area contributed by atoms with Gasteiger partial charge in [0.2, 0.25) is 0 Å². The second kappa shape index (κ2) is 8.81. The molecule has 0 saturated carbocycles. The summed E-state index contributed by atoms with van der Waals surface area (Å²) in [6.07, 6.45) is 3.30. The molecule has 0 aliphatic carbocycles. The highest BCUT2D eigenvalue weighted by molar-refractivity contribution is 6.43. The van der Waals surface area contributed by atoms with Crippen molar-refractivity contribution in [2.24, 2.45) is 0 Å². The van der Waals surface area contributed by atoms with Crippen LogP contribution in [0.25, 0.3) is 0 Å². The molecule has 0 radical (unpaired) electrons. The van der Waals surface area contributed by atoms with E-state index in [1.165, 1.54) is 6.07 Å². The molecule has 0 spiro atoms. The van der Waals surface area contributed by atoms with Crippen molar-refractivity contribution in [2.45, 2.75) is 25.7 Å². The van der Waals surface area contributed by atoms with Crippen LogP contribution < -0.4 is 5.32 Å². The molecule has 1 rings (SSSR count). The first-order valence-electron chi connectivity index (χ1n) is 6.50. The lowest BCUT2D eigenvalue weighted by Crippen LogP contribution is -2.24. The number of aliphatic hydroxyl groups excluding tert-OH is 1. The lowest BCUT2D eigenvalue weighted by atomic mass is 10.1. The Morgan fingerprint density at radius 2 is 1.90 bits per heavy atom. The monoisotopic (exact) mass is 334 g/mol. The van der Waals surface area contributed by atoms with E-state index in [1.54, 1.807) is 0 Å². The summed E-state index contributed by atoms with van der Waals surface area (Å²) in [5.74, 6) is -0.432. The number of hydrogen-bond donors (Lipinski definition) is 2. The van der Waals surface area contributed by atoms with Crippen LogP contribution >= 0.6 is 23.2 Å². The Labute approximate surface area is 132 Å². The number of halogens is 2. The predicted octanol–water partition coefficient (Wildman–Crippen LogP) is 3.18. The van der Waals surface area contributed by atoms with Crippen molar-refractivity contribution >= 4 is 34.8 Å². The summed E-state index contributed by atoms with van der Waals surface area (Å²) in [7, 11) is 0. The summed E-state index contributed by atoms with van der Waals surface area (Å²) < 4.78 is 0. The number of nitrogens with one attached hydrogen (secondary N) is 1. The fourth-order valence-electron chi connectivity index (χ4n) is 1.73. The average molecular weight is 335 g/mol. The van der Waals surface area contributed by atoms with E-state index < -0.39 is 16.5 Å². The molecule has 0 fully saturated rings. The Morgan fingerprint density at radius 3 is 2.52 bits per heavy atom. The van der Waals surface area contributed by atoms with Crippen molar-refractivity contribution < 1.29 is 14.8 Å². The van der Waals surface area contributed by atoms with Crippen molar-refractivity contribution in [3.63, 3.8) is 0 Å². The minimum Gasteiger partial charge on any atom is -0.396 e. The number of carbonyl (C=O) groups is 1. The van der Waals surface area contributed by atoms with E-state index in [0.29, 0.717) is 6.54 Å². The minimum atomic E-state index is -0.681. The number of rotatable bonds is 8. The van der Waals surface area contributed by atoms with Crippen molar-refractivity contribution in [1.82, 2.24) is 5.32 Å². The largest absolute Gasteiger partial charge is 0.396 e. The van der Waals surface area contributed by atoms with Gasteiger partial charge < -0.3 is 10.4 Å². The number of benzene rings is 1. The number of hydrogen-bond acceptors (Lipinski definition) is 4. The highest BCUT2D eigenvalue weighted by atomic mass is 35.5. The highest BCUT2D eigenvalue weighted by Gasteiger charge is 2.19. The first-order chi connectivity index (χ1) is 9.97. The zero-order valence-corrected chi connectivity index (χ0v) is 12.8. The number of nitro groups is 1. The average Bonchev–Trinajstić information content (AvgIpc) is 2.44. The van der Waals surface area contributed by atoms with Gasteiger partial charge in [0, 0.05) is 24.8 Å². The molecule has 2 N–H and O–H groups in total. The molecule has 0 heterocycles. The van der Waals surface area contributed by atoms with Gasteiger partial charge in [-0.15, -0.1) is 0 Å². The summed E-state index contributed by atoms with van der Waals surface area (Å²) in [6, 6.07) is 2.41. The van der Waals surface area contributed by atoms with Crippen molar-refractivity contribution in [3.8, 4) is 0 Å². The third kappa shape index (κ3) is 5.49. The summed E-state index contributed by atoms with van der Waals surface area (Å²) in [4.78, 5) is 22.0. The summed E-state index contributed by atoms with van der Waals surface area (Å²) in [5.41, 5.74) is -0.288. The molecule has 8 heteroatoms. The van der Waals surface area contributed by atoms with Gasteiger partial charge in [-0.25, -0.2) is 0 Å². The summed E-state index contributed by atoms with van der Waals surface area (Å²) >= 11 is 11.5. The van der Waals surface area contributed by atoms with Gasteiger partial charge >= 0.3 is 0 Å². The second-order valence-electron chi connectivity index (χ2n) is 4.44. The summed E-state index contributed by atoms with van der Waals surface area (Å²) in [5, 5.41) is 21.9. The first-order valence-corrected chi connectivity index (χ1v) is 7.25. The van der Waals surface area contributed by atoms with Gasteiger partial charge in [0.25, 0.3) is 11.6 Å². The Balaban J connectivity index is 2.60. The van der Waals surface area contributed by atoms with E-state index in [2.05, 4.69) is 5.32 Å². The smallest absolute Gasteiger partial charge is 0.290 e. The Morgan fingerprint density at radius 1 is 1.24 bits per heavy atom. The lowest BCUT2D eigenvalue weighted by molar-refractivity contribution is -0.384. The number of unbranched alkanes of at least 4 members (excludes halogenated alkanes) is 3. The third-order valence-corrected chi connectivity index (χ3v) is 3.63. The van der Waals surface area contributed by atoms with Crippen LogP contribution in [-0.2, 0) is 0 Å². The number of nitro benzene ring substituents is 1. The molecular formula is C13H16Cl2N2O4.